The zero-order valence-corrected chi connectivity index (χ0v) is 21.1. The highest BCUT2D eigenvalue weighted by molar-refractivity contribution is 5.96. The summed E-state index contributed by atoms with van der Waals surface area (Å²) in [6.45, 7) is 3.35. The first-order chi connectivity index (χ1) is 17.8. The summed E-state index contributed by atoms with van der Waals surface area (Å²) < 4.78 is 36.4. The summed E-state index contributed by atoms with van der Waals surface area (Å²) in [5, 5.41) is 0.771. The number of methoxy groups -OCH3 is 1. The lowest BCUT2D eigenvalue weighted by molar-refractivity contribution is 0.0726. The zero-order chi connectivity index (χ0) is 26.0. The maximum absolute atomic E-state index is 13.7. The number of rotatable bonds is 6. The first kappa shape index (κ1) is 23.8. The SMILES string of the molecule is CCc1ccc2cc(-c3nc4cc(C(=O)N5[C@H]6CC[C@@H]5[C@H](N)C6)cc(OC)n4c3C)n(CC(F)F)c2n1. The van der Waals surface area contributed by atoms with Gasteiger partial charge in [-0.05, 0) is 56.9 Å². The quantitative estimate of drug-likeness (QED) is 0.422. The molecule has 0 saturated carbocycles. The van der Waals surface area contributed by atoms with Crippen LogP contribution in [-0.2, 0) is 13.0 Å². The van der Waals surface area contributed by atoms with E-state index in [1.165, 1.54) is 4.57 Å². The van der Waals surface area contributed by atoms with Crippen molar-refractivity contribution >= 4 is 22.6 Å². The molecular formula is C27H30F2N6O2. The van der Waals surface area contributed by atoms with Crippen LogP contribution in [0.4, 0.5) is 8.78 Å². The van der Waals surface area contributed by atoms with Crippen LogP contribution in [0.15, 0.2) is 30.3 Å². The number of hydrogen-bond acceptors (Lipinski definition) is 5. The number of hydrogen-bond donors (Lipinski definition) is 1. The number of ether oxygens (including phenoxy) is 1. The molecule has 0 radical (unpaired) electrons. The van der Waals surface area contributed by atoms with Gasteiger partial charge in [-0.15, -0.1) is 0 Å². The van der Waals surface area contributed by atoms with Crippen molar-refractivity contribution in [3.05, 3.63) is 47.3 Å². The number of halogens is 2. The van der Waals surface area contributed by atoms with E-state index in [4.69, 9.17) is 15.5 Å². The van der Waals surface area contributed by atoms with Gasteiger partial charge in [-0.3, -0.25) is 9.20 Å². The molecule has 4 aromatic heterocycles. The van der Waals surface area contributed by atoms with Gasteiger partial charge < -0.3 is 19.9 Å². The molecule has 194 valence electrons. The van der Waals surface area contributed by atoms with Crippen molar-refractivity contribution in [2.75, 3.05) is 7.11 Å². The molecule has 0 aromatic carbocycles. The minimum Gasteiger partial charge on any atom is -0.482 e. The monoisotopic (exact) mass is 508 g/mol. The van der Waals surface area contributed by atoms with Crippen LogP contribution in [0.3, 0.4) is 0 Å². The Morgan fingerprint density at radius 2 is 2.03 bits per heavy atom. The normalized spacial score (nSPS) is 21.2. The van der Waals surface area contributed by atoms with Crippen LogP contribution in [0.2, 0.25) is 0 Å². The van der Waals surface area contributed by atoms with Crippen LogP contribution in [0, 0.1) is 6.92 Å². The number of aryl methyl sites for hydroxylation is 2. The molecule has 2 bridgehead atoms. The van der Waals surface area contributed by atoms with Gasteiger partial charge in [-0.25, -0.2) is 18.7 Å². The molecule has 10 heteroatoms. The number of fused-ring (bicyclic) bond motifs is 4. The van der Waals surface area contributed by atoms with E-state index in [1.54, 1.807) is 19.2 Å². The number of carbonyl (C=O) groups excluding carboxylic acids is 1. The second kappa shape index (κ2) is 8.79. The number of carbonyl (C=O) groups is 1. The lowest BCUT2D eigenvalue weighted by atomic mass is 9.97. The lowest BCUT2D eigenvalue weighted by Crippen LogP contribution is -2.40. The summed E-state index contributed by atoms with van der Waals surface area (Å²) in [5.41, 5.74) is 10.4. The lowest BCUT2D eigenvalue weighted by Gasteiger charge is -2.23. The molecule has 0 aliphatic carbocycles. The summed E-state index contributed by atoms with van der Waals surface area (Å²) in [5.74, 6) is 0.377. The third-order valence-corrected chi connectivity index (χ3v) is 7.92. The third-order valence-electron chi connectivity index (χ3n) is 7.92. The van der Waals surface area contributed by atoms with Crippen LogP contribution in [0.5, 0.6) is 5.88 Å². The van der Waals surface area contributed by atoms with Crippen LogP contribution >= 0.6 is 0 Å². The van der Waals surface area contributed by atoms with Crippen LogP contribution in [-0.4, -0.2) is 61.4 Å². The predicted octanol–water partition coefficient (Wildman–Crippen LogP) is 4.20. The van der Waals surface area contributed by atoms with E-state index in [0.29, 0.717) is 40.5 Å². The number of imidazole rings is 1. The second-order valence-electron chi connectivity index (χ2n) is 10.0. The zero-order valence-electron chi connectivity index (χ0n) is 21.1. The fourth-order valence-electron chi connectivity index (χ4n) is 6.18. The van der Waals surface area contributed by atoms with Gasteiger partial charge in [0.15, 0.2) is 5.88 Å². The van der Waals surface area contributed by atoms with Crippen LogP contribution < -0.4 is 10.5 Å². The molecular weight excluding hydrogens is 478 g/mol. The molecule has 2 aliphatic heterocycles. The molecule has 2 saturated heterocycles. The third kappa shape index (κ3) is 3.68. The maximum atomic E-state index is 13.7. The summed E-state index contributed by atoms with van der Waals surface area (Å²) in [6.07, 6.45) is 0.867. The van der Waals surface area contributed by atoms with Crippen molar-refractivity contribution < 1.29 is 18.3 Å². The van der Waals surface area contributed by atoms with Crippen molar-refractivity contribution in [1.82, 2.24) is 23.8 Å². The van der Waals surface area contributed by atoms with E-state index in [-0.39, 0.29) is 24.0 Å². The average Bonchev–Trinajstić information content (AvgIpc) is 3.62. The highest BCUT2D eigenvalue weighted by Gasteiger charge is 2.47. The standard InChI is InChI=1S/C27H30F2N6O2/c1-4-17-6-5-15-9-21(33(13-22(28)29)26(15)31-17)25-14(2)34-23(32-25)10-16(11-24(34)37-3)27(36)35-18-7-8-20(35)19(30)12-18/h5-6,9-11,18-20,22H,4,7-8,12-13,30H2,1-3H3/t18-,19+,20+/m0/s1. The van der Waals surface area contributed by atoms with Crippen LogP contribution in [0.25, 0.3) is 28.1 Å². The Labute approximate surface area is 213 Å². The molecule has 6 heterocycles. The van der Waals surface area contributed by atoms with Crippen LogP contribution in [0.1, 0.15) is 47.9 Å². The molecule has 0 unspecified atom stereocenters. The minimum absolute atomic E-state index is 0.00665. The van der Waals surface area contributed by atoms with Crippen molar-refractivity contribution in [3.8, 4) is 17.3 Å². The highest BCUT2D eigenvalue weighted by Crippen LogP contribution is 2.39. The van der Waals surface area contributed by atoms with Crippen molar-refractivity contribution in [3.63, 3.8) is 0 Å². The maximum Gasteiger partial charge on any atom is 0.256 e. The van der Waals surface area contributed by atoms with Crippen molar-refractivity contribution in [2.24, 2.45) is 5.73 Å². The van der Waals surface area contributed by atoms with Crippen molar-refractivity contribution in [2.45, 2.75) is 70.6 Å². The predicted molar refractivity (Wildman–Crippen MR) is 136 cm³/mol. The van der Waals surface area contributed by atoms with Gasteiger partial charge in [0.1, 0.15) is 17.0 Å². The number of aromatic nitrogens is 4. The largest absolute Gasteiger partial charge is 0.482 e. The van der Waals surface area contributed by atoms with Crippen molar-refractivity contribution in [1.29, 1.82) is 0 Å². The Morgan fingerprint density at radius 1 is 1.22 bits per heavy atom. The fourth-order valence-corrected chi connectivity index (χ4v) is 6.18. The van der Waals surface area contributed by atoms with Gasteiger partial charge in [0.25, 0.3) is 12.3 Å². The number of alkyl halides is 2. The van der Waals surface area contributed by atoms with E-state index < -0.39 is 13.0 Å². The van der Waals surface area contributed by atoms with Gasteiger partial charge in [0.05, 0.1) is 25.0 Å². The molecule has 6 rings (SSSR count). The Hall–Kier alpha value is -3.53. The van der Waals surface area contributed by atoms with E-state index in [0.717, 1.165) is 36.0 Å². The summed E-state index contributed by atoms with van der Waals surface area (Å²) >= 11 is 0. The molecule has 37 heavy (non-hydrogen) atoms. The minimum atomic E-state index is -2.56. The smallest absolute Gasteiger partial charge is 0.256 e. The van der Waals surface area contributed by atoms with Gasteiger partial charge in [0.2, 0.25) is 0 Å². The van der Waals surface area contributed by atoms with E-state index >= 15 is 0 Å². The number of pyridine rings is 2. The summed E-state index contributed by atoms with van der Waals surface area (Å²) in [4.78, 5) is 24.9. The first-order valence-electron chi connectivity index (χ1n) is 12.7. The average molecular weight is 509 g/mol. The van der Waals surface area contributed by atoms with E-state index in [2.05, 4.69) is 4.98 Å². The molecule has 2 fully saturated rings. The second-order valence-corrected chi connectivity index (χ2v) is 10.0. The molecule has 1 amide bonds. The van der Waals surface area contributed by atoms with Gasteiger partial charge >= 0.3 is 0 Å². The molecule has 2 aliphatic rings. The Bertz CT molecular complexity index is 1530. The Kier molecular flexibility index (Phi) is 5.67. The Balaban J connectivity index is 1.49. The number of nitrogens with two attached hydrogens (primary N) is 1. The molecule has 2 N–H and O–H groups in total. The van der Waals surface area contributed by atoms with Gasteiger partial charge in [-0.1, -0.05) is 6.92 Å². The molecule has 8 nitrogen and oxygen atoms in total. The van der Waals surface area contributed by atoms with Gasteiger partial charge in [0, 0.05) is 40.8 Å². The molecule has 3 atom stereocenters. The first-order valence-corrected chi connectivity index (χ1v) is 12.7. The van der Waals surface area contributed by atoms with E-state index in [1.807, 2.05) is 41.3 Å². The van der Waals surface area contributed by atoms with Gasteiger partial charge in [-0.2, -0.15) is 0 Å². The topological polar surface area (TPSA) is 90.7 Å². The Morgan fingerprint density at radius 3 is 2.68 bits per heavy atom. The fraction of sp³-hybridized carbons (Fsp3) is 0.444. The molecule has 0 spiro atoms. The number of nitrogens with zero attached hydrogens (tertiary/aromatic N) is 5. The highest BCUT2D eigenvalue weighted by atomic mass is 19.3. The summed E-state index contributed by atoms with van der Waals surface area (Å²) in [6, 6.07) is 9.37. The molecule has 4 aromatic rings. The van der Waals surface area contributed by atoms with E-state index in [9.17, 15) is 13.6 Å². The summed E-state index contributed by atoms with van der Waals surface area (Å²) in [7, 11) is 1.54. The number of amides is 1.